The average molecular weight is 280 g/mol. The molecule has 0 saturated carbocycles. The molecule has 1 fully saturated rings. The monoisotopic (exact) mass is 280 g/mol. The Bertz CT molecular complexity index is 424. The van der Waals surface area contributed by atoms with E-state index < -0.39 is 0 Å². The summed E-state index contributed by atoms with van der Waals surface area (Å²) in [5, 5.41) is 8.35. The van der Waals surface area contributed by atoms with Crippen molar-refractivity contribution >= 4 is 0 Å². The number of hydrogen-bond acceptors (Lipinski definition) is 5. The normalized spacial score (nSPS) is 25.1. The Morgan fingerprint density at radius 2 is 2.10 bits per heavy atom. The molecule has 114 valence electrons. The van der Waals surface area contributed by atoms with E-state index in [-0.39, 0.29) is 5.41 Å². The minimum Gasteiger partial charge on any atom is -0.423 e. The van der Waals surface area contributed by atoms with E-state index in [9.17, 15) is 0 Å². The third kappa shape index (κ3) is 3.58. The molecule has 2 atom stereocenters. The van der Waals surface area contributed by atoms with Crippen LogP contribution in [0.3, 0.4) is 0 Å². The number of nitrogens with zero attached hydrogens (tertiary/aromatic N) is 3. The molecule has 1 aliphatic rings. The van der Waals surface area contributed by atoms with Crippen LogP contribution in [0.1, 0.15) is 58.7 Å². The fourth-order valence-corrected chi connectivity index (χ4v) is 2.80. The van der Waals surface area contributed by atoms with Gasteiger partial charge in [-0.15, -0.1) is 10.2 Å². The summed E-state index contributed by atoms with van der Waals surface area (Å²) in [5.41, 5.74) is 5.84. The molecule has 0 aromatic carbocycles. The minimum atomic E-state index is -0.0896. The molecule has 0 aliphatic carbocycles. The average Bonchev–Trinajstić information content (AvgIpc) is 2.87. The molecule has 2 unspecified atom stereocenters. The van der Waals surface area contributed by atoms with Gasteiger partial charge in [-0.2, -0.15) is 0 Å². The quantitative estimate of drug-likeness (QED) is 0.916. The Morgan fingerprint density at radius 3 is 2.65 bits per heavy atom. The van der Waals surface area contributed by atoms with E-state index in [2.05, 4.69) is 42.8 Å². The zero-order chi connectivity index (χ0) is 14.8. The lowest BCUT2D eigenvalue weighted by atomic mass is 9.89. The molecular formula is C15H28N4O. The van der Waals surface area contributed by atoms with Gasteiger partial charge >= 0.3 is 0 Å². The van der Waals surface area contributed by atoms with Crippen molar-refractivity contribution in [2.75, 3.05) is 13.1 Å². The maximum absolute atomic E-state index is 5.93. The number of likely N-dealkylation sites (tertiary alicyclic amines) is 1. The Morgan fingerprint density at radius 1 is 1.35 bits per heavy atom. The highest BCUT2D eigenvalue weighted by molar-refractivity contribution is 4.96. The maximum atomic E-state index is 5.93. The Hall–Kier alpha value is -0.940. The summed E-state index contributed by atoms with van der Waals surface area (Å²) >= 11 is 0. The van der Waals surface area contributed by atoms with Crippen LogP contribution in [-0.4, -0.2) is 34.2 Å². The second-order valence-electron chi connectivity index (χ2n) is 6.91. The molecule has 1 aliphatic heterocycles. The number of nitrogens with two attached hydrogens (primary N) is 1. The van der Waals surface area contributed by atoms with Crippen molar-refractivity contribution in [1.29, 1.82) is 0 Å². The van der Waals surface area contributed by atoms with Gasteiger partial charge in [0, 0.05) is 18.0 Å². The van der Waals surface area contributed by atoms with E-state index >= 15 is 0 Å². The lowest BCUT2D eigenvalue weighted by molar-refractivity contribution is 0.0970. The number of aromatic nitrogens is 2. The maximum Gasteiger partial charge on any atom is 0.230 e. The van der Waals surface area contributed by atoms with Crippen LogP contribution in [-0.2, 0) is 12.0 Å². The van der Waals surface area contributed by atoms with Crippen LogP contribution in [0.2, 0.25) is 0 Å². The number of rotatable bonds is 4. The molecule has 0 spiro atoms. The standard InChI is InChI=1S/C15H28N4O/c1-5-11-6-7-19(12(8-11)9-16)10-13-17-18-14(20-13)15(2,3)4/h11-12H,5-10,16H2,1-4H3. The highest BCUT2D eigenvalue weighted by Gasteiger charge is 2.28. The molecule has 0 radical (unpaired) electrons. The topological polar surface area (TPSA) is 68.2 Å². The summed E-state index contributed by atoms with van der Waals surface area (Å²) < 4.78 is 5.79. The van der Waals surface area contributed by atoms with Crippen LogP contribution in [0.5, 0.6) is 0 Å². The molecule has 20 heavy (non-hydrogen) atoms. The molecule has 0 bridgehead atoms. The van der Waals surface area contributed by atoms with Crippen molar-refractivity contribution in [2.45, 2.75) is 65.0 Å². The molecule has 0 amide bonds. The van der Waals surface area contributed by atoms with E-state index in [1.165, 1.54) is 19.3 Å². The predicted octanol–water partition coefficient (Wildman–Crippen LogP) is 2.32. The molecule has 5 heteroatoms. The van der Waals surface area contributed by atoms with Crippen LogP contribution in [0.15, 0.2) is 4.42 Å². The smallest absolute Gasteiger partial charge is 0.230 e. The van der Waals surface area contributed by atoms with Gasteiger partial charge in [0.25, 0.3) is 0 Å². The van der Waals surface area contributed by atoms with Crippen molar-refractivity contribution in [2.24, 2.45) is 11.7 Å². The first-order valence-corrected chi connectivity index (χ1v) is 7.71. The Balaban J connectivity index is 2.00. The van der Waals surface area contributed by atoms with E-state index in [1.54, 1.807) is 0 Å². The van der Waals surface area contributed by atoms with Gasteiger partial charge in [-0.05, 0) is 25.3 Å². The van der Waals surface area contributed by atoms with Crippen molar-refractivity contribution in [1.82, 2.24) is 15.1 Å². The van der Waals surface area contributed by atoms with Gasteiger partial charge in [0.15, 0.2) is 0 Å². The van der Waals surface area contributed by atoms with Gasteiger partial charge < -0.3 is 10.2 Å². The van der Waals surface area contributed by atoms with E-state index in [1.807, 2.05) is 0 Å². The van der Waals surface area contributed by atoms with Crippen molar-refractivity contribution in [3.63, 3.8) is 0 Å². The first kappa shape index (κ1) is 15.4. The van der Waals surface area contributed by atoms with E-state index in [0.29, 0.717) is 24.4 Å². The number of hydrogen-bond donors (Lipinski definition) is 1. The van der Waals surface area contributed by atoms with E-state index in [0.717, 1.165) is 19.0 Å². The first-order chi connectivity index (χ1) is 9.44. The van der Waals surface area contributed by atoms with Gasteiger partial charge in [-0.1, -0.05) is 34.1 Å². The highest BCUT2D eigenvalue weighted by Crippen LogP contribution is 2.27. The van der Waals surface area contributed by atoms with E-state index in [4.69, 9.17) is 10.2 Å². The highest BCUT2D eigenvalue weighted by atomic mass is 16.4. The molecule has 2 heterocycles. The zero-order valence-electron chi connectivity index (χ0n) is 13.2. The third-order valence-electron chi connectivity index (χ3n) is 4.24. The van der Waals surface area contributed by atoms with Gasteiger partial charge in [0.05, 0.1) is 6.54 Å². The van der Waals surface area contributed by atoms with Gasteiger partial charge in [0.1, 0.15) is 0 Å². The zero-order valence-corrected chi connectivity index (χ0v) is 13.2. The van der Waals surface area contributed by atoms with Crippen molar-refractivity contribution in [3.8, 4) is 0 Å². The molecule has 2 N–H and O–H groups in total. The fourth-order valence-electron chi connectivity index (χ4n) is 2.80. The second kappa shape index (κ2) is 6.22. The predicted molar refractivity (Wildman–Crippen MR) is 79.3 cm³/mol. The first-order valence-electron chi connectivity index (χ1n) is 7.71. The third-order valence-corrected chi connectivity index (χ3v) is 4.24. The van der Waals surface area contributed by atoms with Gasteiger partial charge in [-0.3, -0.25) is 4.90 Å². The van der Waals surface area contributed by atoms with Crippen LogP contribution in [0.4, 0.5) is 0 Å². The molecule has 1 saturated heterocycles. The number of piperidine rings is 1. The van der Waals surface area contributed by atoms with Crippen molar-refractivity contribution in [3.05, 3.63) is 11.8 Å². The fraction of sp³-hybridized carbons (Fsp3) is 0.867. The Labute approximate surface area is 121 Å². The summed E-state index contributed by atoms with van der Waals surface area (Å²) in [5.74, 6) is 2.23. The summed E-state index contributed by atoms with van der Waals surface area (Å²) in [6.07, 6.45) is 3.68. The van der Waals surface area contributed by atoms with Crippen molar-refractivity contribution < 1.29 is 4.42 Å². The summed E-state index contributed by atoms with van der Waals surface area (Å²) in [6, 6.07) is 0.443. The summed E-state index contributed by atoms with van der Waals surface area (Å²) in [6.45, 7) is 11.0. The molecule has 1 aromatic heterocycles. The van der Waals surface area contributed by atoms with Crippen LogP contribution in [0, 0.1) is 5.92 Å². The van der Waals surface area contributed by atoms with Gasteiger partial charge in [0.2, 0.25) is 11.8 Å². The Kier molecular flexibility index (Phi) is 4.81. The lowest BCUT2D eigenvalue weighted by Gasteiger charge is -2.38. The van der Waals surface area contributed by atoms with Crippen LogP contribution < -0.4 is 5.73 Å². The largest absolute Gasteiger partial charge is 0.423 e. The SMILES string of the molecule is CCC1CCN(Cc2nnc(C(C)(C)C)o2)C(CN)C1. The molecule has 1 aromatic rings. The summed E-state index contributed by atoms with van der Waals surface area (Å²) in [4.78, 5) is 2.39. The van der Waals surface area contributed by atoms with Crippen LogP contribution >= 0.6 is 0 Å². The molecule has 2 rings (SSSR count). The summed E-state index contributed by atoms with van der Waals surface area (Å²) in [7, 11) is 0. The minimum absolute atomic E-state index is 0.0896. The van der Waals surface area contributed by atoms with Gasteiger partial charge in [-0.25, -0.2) is 0 Å². The molecule has 5 nitrogen and oxygen atoms in total. The van der Waals surface area contributed by atoms with Crippen LogP contribution in [0.25, 0.3) is 0 Å². The lowest BCUT2D eigenvalue weighted by Crippen LogP contribution is -2.46. The second-order valence-corrected chi connectivity index (χ2v) is 6.91. The molecular weight excluding hydrogens is 252 g/mol.